The quantitative estimate of drug-likeness (QED) is 0.704. The number of rotatable bonds is 6. The maximum atomic E-state index is 10.2. The molecule has 26 heavy (non-hydrogen) atoms. The van der Waals surface area contributed by atoms with Crippen LogP contribution in [-0.4, -0.2) is 44.8 Å². The highest BCUT2D eigenvalue weighted by Gasteiger charge is 2.26. The summed E-state index contributed by atoms with van der Waals surface area (Å²) in [4.78, 5) is 10.2. The number of fused-ring (bicyclic) bond motifs is 1. The third-order valence-electron chi connectivity index (χ3n) is 5.28. The molecule has 1 aliphatic rings. The summed E-state index contributed by atoms with van der Waals surface area (Å²) in [6, 6.07) is 5.66. The van der Waals surface area contributed by atoms with Gasteiger partial charge in [-0.15, -0.1) is 0 Å². The Morgan fingerprint density at radius 3 is 3.08 bits per heavy atom. The van der Waals surface area contributed by atoms with Crippen molar-refractivity contribution in [3.05, 3.63) is 41.7 Å². The molecule has 4 rings (SSSR count). The van der Waals surface area contributed by atoms with E-state index in [0.29, 0.717) is 11.7 Å². The first-order valence-electron chi connectivity index (χ1n) is 9.45. The SMILES string of the molecule is CC(C)c1nc(CCCN2CCC(c3c[nH]c4cccc(O)c34)C2)no1. The molecule has 0 saturated carbocycles. The summed E-state index contributed by atoms with van der Waals surface area (Å²) in [6.07, 6.45) is 5.07. The van der Waals surface area contributed by atoms with Crippen LogP contribution in [0.2, 0.25) is 0 Å². The zero-order chi connectivity index (χ0) is 18.1. The summed E-state index contributed by atoms with van der Waals surface area (Å²) >= 11 is 0. The molecule has 1 aliphatic heterocycles. The highest BCUT2D eigenvalue weighted by atomic mass is 16.5. The Bertz CT molecular complexity index is 883. The van der Waals surface area contributed by atoms with Crippen LogP contribution in [0.4, 0.5) is 0 Å². The van der Waals surface area contributed by atoms with Crippen LogP contribution >= 0.6 is 0 Å². The first-order chi connectivity index (χ1) is 12.6. The summed E-state index contributed by atoms with van der Waals surface area (Å²) in [5.41, 5.74) is 2.25. The molecule has 6 nitrogen and oxygen atoms in total. The minimum absolute atomic E-state index is 0.281. The number of H-pyrrole nitrogens is 1. The average molecular weight is 354 g/mol. The van der Waals surface area contributed by atoms with Gasteiger partial charge < -0.3 is 19.5 Å². The van der Waals surface area contributed by atoms with E-state index in [1.165, 1.54) is 5.56 Å². The van der Waals surface area contributed by atoms with E-state index < -0.39 is 0 Å². The Kier molecular flexibility index (Phi) is 4.68. The van der Waals surface area contributed by atoms with Crippen LogP contribution in [0, 0.1) is 0 Å². The summed E-state index contributed by atoms with van der Waals surface area (Å²) in [7, 11) is 0. The molecule has 0 amide bonds. The molecule has 3 aromatic rings. The molecule has 2 N–H and O–H groups in total. The van der Waals surface area contributed by atoms with Crippen molar-refractivity contribution in [1.82, 2.24) is 20.0 Å². The fraction of sp³-hybridized carbons (Fsp3) is 0.500. The predicted octanol–water partition coefficient (Wildman–Crippen LogP) is 3.80. The molecule has 1 atom stereocenters. The minimum Gasteiger partial charge on any atom is -0.507 e. The number of hydrogen-bond acceptors (Lipinski definition) is 5. The molecular weight excluding hydrogens is 328 g/mol. The van der Waals surface area contributed by atoms with Crippen molar-refractivity contribution >= 4 is 10.9 Å². The lowest BCUT2D eigenvalue weighted by Gasteiger charge is -2.15. The second-order valence-corrected chi connectivity index (χ2v) is 7.54. The summed E-state index contributed by atoms with van der Waals surface area (Å²) in [5.74, 6) is 2.65. The minimum atomic E-state index is 0.281. The molecule has 3 heterocycles. The number of aromatic amines is 1. The molecule has 0 radical (unpaired) electrons. The Labute approximate surface area is 153 Å². The van der Waals surface area contributed by atoms with Gasteiger partial charge in [0.25, 0.3) is 0 Å². The lowest BCUT2D eigenvalue weighted by atomic mass is 9.97. The van der Waals surface area contributed by atoms with Gasteiger partial charge in [0.05, 0.1) is 0 Å². The molecule has 1 aromatic carbocycles. The number of hydrogen-bond donors (Lipinski definition) is 2. The highest BCUT2D eigenvalue weighted by Crippen LogP contribution is 2.36. The summed E-state index contributed by atoms with van der Waals surface area (Å²) in [5, 5.41) is 15.3. The van der Waals surface area contributed by atoms with E-state index in [-0.39, 0.29) is 5.92 Å². The lowest BCUT2D eigenvalue weighted by molar-refractivity contribution is 0.326. The van der Waals surface area contributed by atoms with E-state index in [1.807, 2.05) is 12.1 Å². The van der Waals surface area contributed by atoms with Crippen LogP contribution in [-0.2, 0) is 6.42 Å². The van der Waals surface area contributed by atoms with Gasteiger partial charge in [-0.25, -0.2) is 0 Å². The van der Waals surface area contributed by atoms with E-state index in [4.69, 9.17) is 4.52 Å². The monoisotopic (exact) mass is 354 g/mol. The molecule has 1 unspecified atom stereocenters. The zero-order valence-electron chi connectivity index (χ0n) is 15.4. The van der Waals surface area contributed by atoms with Crippen molar-refractivity contribution in [1.29, 1.82) is 0 Å². The maximum absolute atomic E-state index is 10.2. The van der Waals surface area contributed by atoms with Crippen molar-refractivity contribution in [2.45, 2.75) is 44.9 Å². The zero-order valence-corrected chi connectivity index (χ0v) is 15.4. The number of phenolic OH excluding ortho intramolecular Hbond substituents is 1. The van der Waals surface area contributed by atoms with Crippen molar-refractivity contribution in [3.8, 4) is 5.75 Å². The number of benzene rings is 1. The molecule has 0 aliphatic carbocycles. The van der Waals surface area contributed by atoms with Gasteiger partial charge >= 0.3 is 0 Å². The first-order valence-corrected chi connectivity index (χ1v) is 9.45. The maximum Gasteiger partial charge on any atom is 0.229 e. The largest absolute Gasteiger partial charge is 0.507 e. The smallest absolute Gasteiger partial charge is 0.229 e. The van der Waals surface area contributed by atoms with Gasteiger partial charge in [-0.2, -0.15) is 4.98 Å². The number of likely N-dealkylation sites (tertiary alicyclic amines) is 1. The molecule has 1 saturated heterocycles. The predicted molar refractivity (Wildman–Crippen MR) is 100 cm³/mol. The van der Waals surface area contributed by atoms with E-state index in [0.717, 1.165) is 61.5 Å². The van der Waals surface area contributed by atoms with Gasteiger partial charge in [-0.05, 0) is 43.6 Å². The Morgan fingerprint density at radius 1 is 1.38 bits per heavy atom. The molecule has 2 aromatic heterocycles. The van der Waals surface area contributed by atoms with Gasteiger partial charge in [0.15, 0.2) is 5.82 Å². The third kappa shape index (κ3) is 3.33. The van der Waals surface area contributed by atoms with Crippen molar-refractivity contribution in [2.24, 2.45) is 0 Å². The molecule has 1 fully saturated rings. The van der Waals surface area contributed by atoms with E-state index in [2.05, 4.69) is 40.1 Å². The summed E-state index contributed by atoms with van der Waals surface area (Å²) < 4.78 is 5.26. The number of aromatic nitrogens is 3. The Balaban J connectivity index is 1.33. The van der Waals surface area contributed by atoms with Crippen LogP contribution in [0.25, 0.3) is 10.9 Å². The van der Waals surface area contributed by atoms with Gasteiger partial charge in [0, 0.05) is 41.9 Å². The van der Waals surface area contributed by atoms with Gasteiger partial charge in [-0.1, -0.05) is 25.1 Å². The standard InChI is InChI=1S/C20H26N4O2/c1-13(2)20-22-18(23-26-20)7-4-9-24-10-8-14(12-24)15-11-21-16-5-3-6-17(25)19(15)16/h3,5-6,11,13-14,21,25H,4,7-10,12H2,1-2H3. The topological polar surface area (TPSA) is 78.2 Å². The molecule has 0 bridgehead atoms. The average Bonchev–Trinajstić information content (AvgIpc) is 3.34. The number of nitrogens with one attached hydrogen (secondary N) is 1. The van der Waals surface area contributed by atoms with Crippen molar-refractivity contribution < 1.29 is 9.63 Å². The Hall–Kier alpha value is -2.34. The van der Waals surface area contributed by atoms with E-state index >= 15 is 0 Å². The van der Waals surface area contributed by atoms with Crippen LogP contribution in [0.5, 0.6) is 5.75 Å². The highest BCUT2D eigenvalue weighted by molar-refractivity contribution is 5.89. The Morgan fingerprint density at radius 2 is 2.27 bits per heavy atom. The lowest BCUT2D eigenvalue weighted by Crippen LogP contribution is -2.22. The van der Waals surface area contributed by atoms with Gasteiger partial charge in [0.2, 0.25) is 5.89 Å². The van der Waals surface area contributed by atoms with Crippen LogP contribution in [0.3, 0.4) is 0 Å². The van der Waals surface area contributed by atoms with E-state index in [1.54, 1.807) is 6.07 Å². The van der Waals surface area contributed by atoms with Crippen LogP contribution < -0.4 is 0 Å². The van der Waals surface area contributed by atoms with Crippen molar-refractivity contribution in [2.75, 3.05) is 19.6 Å². The second kappa shape index (κ2) is 7.11. The first kappa shape index (κ1) is 17.1. The second-order valence-electron chi connectivity index (χ2n) is 7.54. The van der Waals surface area contributed by atoms with Crippen molar-refractivity contribution in [3.63, 3.8) is 0 Å². The fourth-order valence-corrected chi connectivity index (χ4v) is 3.87. The molecule has 138 valence electrons. The fourth-order valence-electron chi connectivity index (χ4n) is 3.87. The van der Waals surface area contributed by atoms with Crippen LogP contribution in [0.1, 0.15) is 55.8 Å². The van der Waals surface area contributed by atoms with Gasteiger partial charge in [-0.3, -0.25) is 0 Å². The number of nitrogens with zero attached hydrogens (tertiary/aromatic N) is 3. The number of aromatic hydroxyl groups is 1. The third-order valence-corrected chi connectivity index (χ3v) is 5.28. The molecular formula is C20H26N4O2. The van der Waals surface area contributed by atoms with Gasteiger partial charge in [0.1, 0.15) is 5.75 Å². The molecule has 6 heteroatoms. The number of phenols is 1. The number of aryl methyl sites for hydroxylation is 1. The molecule has 0 spiro atoms. The normalized spacial score (nSPS) is 18.3. The van der Waals surface area contributed by atoms with E-state index in [9.17, 15) is 5.11 Å². The summed E-state index contributed by atoms with van der Waals surface area (Å²) in [6.45, 7) is 7.28. The van der Waals surface area contributed by atoms with Crippen LogP contribution in [0.15, 0.2) is 28.9 Å².